The van der Waals surface area contributed by atoms with E-state index in [2.05, 4.69) is 16.1 Å². The number of rotatable bonds is 6. The first kappa shape index (κ1) is 14.5. The third kappa shape index (κ3) is 5.17. The maximum atomic E-state index is 11.7. The molecule has 1 aliphatic heterocycles. The van der Waals surface area contributed by atoms with Gasteiger partial charge in [-0.1, -0.05) is 5.92 Å². The lowest BCUT2D eigenvalue weighted by Gasteiger charge is -2.34. The first-order valence-corrected chi connectivity index (χ1v) is 5.99. The van der Waals surface area contributed by atoms with Crippen LogP contribution in [0.4, 0.5) is 0 Å². The van der Waals surface area contributed by atoms with Crippen LogP contribution in [0.5, 0.6) is 0 Å². The van der Waals surface area contributed by atoms with Crippen molar-refractivity contribution in [2.45, 2.75) is 6.42 Å². The van der Waals surface area contributed by atoms with Gasteiger partial charge in [0.15, 0.2) is 0 Å². The summed E-state index contributed by atoms with van der Waals surface area (Å²) < 4.78 is 0. The van der Waals surface area contributed by atoms with E-state index in [0.717, 1.165) is 13.1 Å². The first-order valence-electron chi connectivity index (χ1n) is 5.99. The fourth-order valence-corrected chi connectivity index (χ4v) is 1.83. The molecule has 0 aromatic carbocycles. The number of aliphatic carboxylic acids is 1. The number of carboxylic acid groups (broad SMARTS) is 1. The number of amides is 1. The van der Waals surface area contributed by atoms with Gasteiger partial charge >= 0.3 is 5.97 Å². The van der Waals surface area contributed by atoms with Gasteiger partial charge in [0.05, 0.1) is 19.5 Å². The van der Waals surface area contributed by atoms with E-state index < -0.39 is 5.97 Å². The van der Waals surface area contributed by atoms with Gasteiger partial charge in [-0.3, -0.25) is 19.8 Å². The molecule has 1 rings (SSSR count). The Morgan fingerprint density at radius 1 is 1.28 bits per heavy atom. The minimum atomic E-state index is -0.785. The number of carbonyl (C=O) groups is 2. The van der Waals surface area contributed by atoms with Gasteiger partial charge in [0.2, 0.25) is 5.91 Å². The maximum Gasteiger partial charge on any atom is 0.304 e. The summed E-state index contributed by atoms with van der Waals surface area (Å²) in [5.41, 5.74) is 0. The summed E-state index contributed by atoms with van der Waals surface area (Å²) in [7, 11) is 0. The van der Waals surface area contributed by atoms with Gasteiger partial charge in [-0.15, -0.1) is 6.42 Å². The van der Waals surface area contributed by atoms with Crippen molar-refractivity contribution in [3.63, 3.8) is 0 Å². The van der Waals surface area contributed by atoms with Crippen molar-refractivity contribution in [1.82, 2.24) is 15.1 Å². The molecule has 6 nitrogen and oxygen atoms in total. The SMILES string of the molecule is C#CCNCC(=O)N1CCN(CCC(=O)O)CC1. The summed E-state index contributed by atoms with van der Waals surface area (Å²) in [4.78, 5) is 26.0. The highest BCUT2D eigenvalue weighted by molar-refractivity contribution is 5.78. The summed E-state index contributed by atoms with van der Waals surface area (Å²) >= 11 is 0. The van der Waals surface area contributed by atoms with Crippen LogP contribution in [-0.4, -0.2) is 72.6 Å². The Balaban J connectivity index is 2.20. The summed E-state index contributed by atoms with van der Waals surface area (Å²) in [5.74, 6) is 1.67. The normalized spacial score (nSPS) is 16.3. The zero-order valence-electron chi connectivity index (χ0n) is 10.4. The summed E-state index contributed by atoms with van der Waals surface area (Å²) in [5, 5.41) is 11.5. The standard InChI is InChI=1S/C12H19N3O3/c1-2-4-13-10-11(16)15-8-6-14(7-9-15)5-3-12(17)18/h1,13H,3-10H2,(H,17,18). The number of carboxylic acids is 1. The number of nitrogens with zero attached hydrogens (tertiary/aromatic N) is 2. The van der Waals surface area contributed by atoms with Gasteiger partial charge in [-0.05, 0) is 0 Å². The van der Waals surface area contributed by atoms with Crippen LogP contribution in [0.2, 0.25) is 0 Å². The van der Waals surface area contributed by atoms with E-state index in [9.17, 15) is 9.59 Å². The second-order valence-corrected chi connectivity index (χ2v) is 4.17. The van der Waals surface area contributed by atoms with Crippen LogP contribution in [0.1, 0.15) is 6.42 Å². The van der Waals surface area contributed by atoms with Crippen molar-refractivity contribution in [3.8, 4) is 12.3 Å². The number of hydrogen-bond donors (Lipinski definition) is 2. The van der Waals surface area contributed by atoms with Crippen LogP contribution in [0.3, 0.4) is 0 Å². The van der Waals surface area contributed by atoms with Crippen molar-refractivity contribution in [3.05, 3.63) is 0 Å². The average molecular weight is 253 g/mol. The van der Waals surface area contributed by atoms with E-state index in [4.69, 9.17) is 11.5 Å². The maximum absolute atomic E-state index is 11.7. The minimum absolute atomic E-state index is 0.0446. The highest BCUT2D eigenvalue weighted by atomic mass is 16.4. The van der Waals surface area contributed by atoms with Crippen LogP contribution < -0.4 is 5.32 Å². The van der Waals surface area contributed by atoms with Gasteiger partial charge in [0, 0.05) is 32.7 Å². The molecule has 0 aromatic rings. The van der Waals surface area contributed by atoms with Crippen molar-refractivity contribution in [2.75, 3.05) is 45.8 Å². The van der Waals surface area contributed by atoms with Crippen molar-refractivity contribution in [1.29, 1.82) is 0 Å². The molecule has 1 fully saturated rings. The number of nitrogens with one attached hydrogen (secondary N) is 1. The van der Waals surface area contributed by atoms with E-state index in [1.54, 1.807) is 4.90 Å². The Labute approximate surface area is 107 Å². The zero-order chi connectivity index (χ0) is 13.4. The van der Waals surface area contributed by atoms with E-state index >= 15 is 0 Å². The number of carbonyl (C=O) groups excluding carboxylic acids is 1. The molecule has 1 heterocycles. The van der Waals surface area contributed by atoms with Crippen LogP contribution in [0, 0.1) is 12.3 Å². The molecule has 0 unspecified atom stereocenters. The Bertz CT molecular complexity index is 330. The smallest absolute Gasteiger partial charge is 0.304 e. The highest BCUT2D eigenvalue weighted by Crippen LogP contribution is 2.02. The monoisotopic (exact) mass is 253 g/mol. The van der Waals surface area contributed by atoms with E-state index in [-0.39, 0.29) is 18.9 Å². The van der Waals surface area contributed by atoms with E-state index in [0.29, 0.717) is 26.2 Å². The molecule has 18 heavy (non-hydrogen) atoms. The number of hydrogen-bond acceptors (Lipinski definition) is 4. The van der Waals surface area contributed by atoms with Gasteiger partial charge < -0.3 is 10.0 Å². The molecular formula is C12H19N3O3. The third-order valence-electron chi connectivity index (χ3n) is 2.87. The lowest BCUT2D eigenvalue weighted by molar-refractivity contribution is -0.138. The molecule has 2 N–H and O–H groups in total. The van der Waals surface area contributed by atoms with Crippen LogP contribution in [-0.2, 0) is 9.59 Å². The minimum Gasteiger partial charge on any atom is -0.481 e. The Kier molecular flexibility index (Phi) is 6.19. The fraction of sp³-hybridized carbons (Fsp3) is 0.667. The molecule has 1 saturated heterocycles. The number of terminal acetylenes is 1. The van der Waals surface area contributed by atoms with Gasteiger partial charge in [-0.25, -0.2) is 0 Å². The Morgan fingerprint density at radius 3 is 2.50 bits per heavy atom. The molecule has 0 atom stereocenters. The molecule has 6 heteroatoms. The molecular weight excluding hydrogens is 234 g/mol. The quantitative estimate of drug-likeness (QED) is 0.461. The van der Waals surface area contributed by atoms with Crippen molar-refractivity contribution >= 4 is 11.9 Å². The molecule has 0 spiro atoms. The van der Waals surface area contributed by atoms with Crippen LogP contribution in [0.15, 0.2) is 0 Å². The summed E-state index contributed by atoms with van der Waals surface area (Å²) in [6.07, 6.45) is 5.23. The Morgan fingerprint density at radius 2 is 1.94 bits per heavy atom. The van der Waals surface area contributed by atoms with Crippen LogP contribution >= 0.6 is 0 Å². The third-order valence-corrected chi connectivity index (χ3v) is 2.87. The zero-order valence-corrected chi connectivity index (χ0v) is 10.4. The molecule has 0 radical (unpaired) electrons. The van der Waals surface area contributed by atoms with E-state index in [1.807, 2.05) is 0 Å². The topological polar surface area (TPSA) is 72.9 Å². The molecule has 0 aliphatic carbocycles. The van der Waals surface area contributed by atoms with Crippen molar-refractivity contribution < 1.29 is 14.7 Å². The molecule has 0 bridgehead atoms. The first-order chi connectivity index (χ1) is 8.63. The fourth-order valence-electron chi connectivity index (χ4n) is 1.83. The predicted octanol–water partition coefficient (Wildman–Crippen LogP) is -1.17. The molecule has 1 amide bonds. The molecule has 1 aliphatic rings. The van der Waals surface area contributed by atoms with Crippen LogP contribution in [0.25, 0.3) is 0 Å². The van der Waals surface area contributed by atoms with E-state index in [1.165, 1.54) is 0 Å². The highest BCUT2D eigenvalue weighted by Gasteiger charge is 2.20. The summed E-state index contributed by atoms with van der Waals surface area (Å²) in [6, 6.07) is 0. The largest absolute Gasteiger partial charge is 0.481 e. The van der Waals surface area contributed by atoms with Gasteiger partial charge in [-0.2, -0.15) is 0 Å². The lowest BCUT2D eigenvalue weighted by atomic mass is 10.3. The second kappa shape index (κ2) is 7.69. The number of piperazine rings is 1. The van der Waals surface area contributed by atoms with Gasteiger partial charge in [0.1, 0.15) is 0 Å². The lowest BCUT2D eigenvalue weighted by Crippen LogP contribution is -2.51. The average Bonchev–Trinajstić information content (AvgIpc) is 2.37. The Hall–Kier alpha value is -1.58. The van der Waals surface area contributed by atoms with Gasteiger partial charge in [0.25, 0.3) is 0 Å². The second-order valence-electron chi connectivity index (χ2n) is 4.17. The predicted molar refractivity (Wildman–Crippen MR) is 67.0 cm³/mol. The van der Waals surface area contributed by atoms with Crippen molar-refractivity contribution in [2.24, 2.45) is 0 Å². The molecule has 0 aromatic heterocycles. The molecule has 0 saturated carbocycles. The molecule has 100 valence electrons. The summed E-state index contributed by atoms with van der Waals surface area (Å²) in [6.45, 7) is 3.96.